The van der Waals surface area contributed by atoms with Gasteiger partial charge in [-0.2, -0.15) is 0 Å². The topological polar surface area (TPSA) is 61.8 Å². The van der Waals surface area contributed by atoms with Crippen LogP contribution in [0.2, 0.25) is 0 Å². The van der Waals surface area contributed by atoms with Crippen LogP contribution < -0.4 is 0 Å². The van der Waals surface area contributed by atoms with Crippen molar-refractivity contribution in [1.29, 1.82) is 0 Å². The minimum Gasteiger partial charge on any atom is -0.463 e. The Morgan fingerprint density at radius 3 is 2.12 bits per heavy atom. The van der Waals surface area contributed by atoms with Gasteiger partial charge in [-0.1, -0.05) is 18.6 Å². The fourth-order valence-electron chi connectivity index (χ4n) is 5.30. The predicted molar refractivity (Wildman–Crippen MR) is 90.5 cm³/mol. The molecule has 0 saturated heterocycles. The molecule has 3 saturated carbocycles. The van der Waals surface area contributed by atoms with E-state index in [2.05, 4.69) is 12.2 Å². The summed E-state index contributed by atoms with van der Waals surface area (Å²) in [6.45, 7) is 1.28. The van der Waals surface area contributed by atoms with Crippen LogP contribution in [-0.2, 0) is 23.8 Å². The first kappa shape index (κ1) is 17.1. The molecule has 4 aliphatic carbocycles. The number of fused-ring (bicyclic) bond motifs is 4. The average Bonchev–Trinajstić information content (AvgIpc) is 3.40. The first-order chi connectivity index (χ1) is 12.2. The molecule has 0 aromatic carbocycles. The van der Waals surface area contributed by atoms with Gasteiger partial charge in [-0.05, 0) is 55.8 Å². The monoisotopic (exact) mass is 348 g/mol. The standard InChI is InChI=1S/C20H28O5/c21-19(17-11-13-1-3-15(17)9-13)24-7-5-23-6-8-25-20(22)18-12-14-2-4-16(18)10-14/h1,3,13-18H,2,4-12H2. The van der Waals surface area contributed by atoms with E-state index in [1.54, 1.807) is 0 Å². The van der Waals surface area contributed by atoms with Gasteiger partial charge in [-0.15, -0.1) is 0 Å². The van der Waals surface area contributed by atoms with Crippen molar-refractivity contribution in [3.8, 4) is 0 Å². The van der Waals surface area contributed by atoms with Crippen LogP contribution in [0.5, 0.6) is 0 Å². The Hall–Kier alpha value is -1.36. The average molecular weight is 348 g/mol. The predicted octanol–water partition coefficient (Wildman–Crippen LogP) is 2.74. The second-order valence-electron chi connectivity index (χ2n) is 8.12. The molecule has 0 aliphatic heterocycles. The fraction of sp³-hybridized carbons (Fsp3) is 0.800. The zero-order valence-electron chi connectivity index (χ0n) is 14.7. The van der Waals surface area contributed by atoms with Crippen molar-refractivity contribution < 1.29 is 23.8 Å². The van der Waals surface area contributed by atoms with Gasteiger partial charge < -0.3 is 14.2 Å². The Kier molecular flexibility index (Phi) is 5.11. The summed E-state index contributed by atoms with van der Waals surface area (Å²) in [7, 11) is 0. The normalized spacial score (nSPS) is 37.6. The molecular weight excluding hydrogens is 320 g/mol. The van der Waals surface area contributed by atoms with Crippen molar-refractivity contribution in [3.05, 3.63) is 12.2 Å². The molecule has 0 heterocycles. The molecule has 6 unspecified atom stereocenters. The van der Waals surface area contributed by atoms with Crippen molar-refractivity contribution in [3.63, 3.8) is 0 Å². The SMILES string of the molecule is O=C(OCCOCCOC(=O)C1CC2CCC1C2)C1CC2C=CC1C2. The highest BCUT2D eigenvalue weighted by molar-refractivity contribution is 5.74. The lowest BCUT2D eigenvalue weighted by atomic mass is 9.89. The Bertz CT molecular complexity index is 542. The Balaban J connectivity index is 1.03. The van der Waals surface area contributed by atoms with Crippen molar-refractivity contribution in [1.82, 2.24) is 0 Å². The molecule has 0 aromatic rings. The Morgan fingerprint density at radius 1 is 0.800 bits per heavy atom. The van der Waals surface area contributed by atoms with Gasteiger partial charge in [0.25, 0.3) is 0 Å². The van der Waals surface area contributed by atoms with E-state index >= 15 is 0 Å². The minimum absolute atomic E-state index is 0.0395. The van der Waals surface area contributed by atoms with Crippen molar-refractivity contribution in [2.75, 3.05) is 26.4 Å². The van der Waals surface area contributed by atoms with Crippen molar-refractivity contribution in [2.24, 2.45) is 35.5 Å². The van der Waals surface area contributed by atoms with E-state index < -0.39 is 0 Å². The van der Waals surface area contributed by atoms with E-state index in [0.29, 0.717) is 31.0 Å². The van der Waals surface area contributed by atoms with E-state index in [0.717, 1.165) is 25.2 Å². The van der Waals surface area contributed by atoms with Gasteiger partial charge in [0.15, 0.2) is 0 Å². The van der Waals surface area contributed by atoms with E-state index in [1.807, 2.05) is 0 Å². The number of rotatable bonds is 8. The number of carbonyl (C=O) groups is 2. The van der Waals surface area contributed by atoms with Crippen LogP contribution in [0.25, 0.3) is 0 Å². The minimum atomic E-state index is -0.0943. The number of ether oxygens (including phenoxy) is 3. The van der Waals surface area contributed by atoms with Crippen LogP contribution in [0.3, 0.4) is 0 Å². The maximum Gasteiger partial charge on any atom is 0.309 e. The highest BCUT2D eigenvalue weighted by Gasteiger charge is 2.44. The molecule has 4 aliphatic rings. The van der Waals surface area contributed by atoms with Crippen molar-refractivity contribution >= 4 is 11.9 Å². The van der Waals surface area contributed by atoms with E-state index in [-0.39, 0.29) is 37.0 Å². The number of hydrogen-bond acceptors (Lipinski definition) is 5. The summed E-state index contributed by atoms with van der Waals surface area (Å²) in [6, 6.07) is 0. The molecule has 0 radical (unpaired) electrons. The number of hydrogen-bond donors (Lipinski definition) is 0. The van der Waals surface area contributed by atoms with Crippen LogP contribution in [-0.4, -0.2) is 38.4 Å². The quantitative estimate of drug-likeness (QED) is 0.383. The lowest BCUT2D eigenvalue weighted by Gasteiger charge is -2.19. The molecule has 0 spiro atoms. The highest BCUT2D eigenvalue weighted by Crippen LogP contribution is 2.48. The lowest BCUT2D eigenvalue weighted by molar-refractivity contribution is -0.153. The highest BCUT2D eigenvalue weighted by atomic mass is 16.6. The van der Waals surface area contributed by atoms with Crippen LogP contribution >= 0.6 is 0 Å². The smallest absolute Gasteiger partial charge is 0.309 e. The lowest BCUT2D eigenvalue weighted by Crippen LogP contribution is -2.25. The number of esters is 2. The summed E-state index contributed by atoms with van der Waals surface area (Å²) in [4.78, 5) is 24.1. The molecule has 0 amide bonds. The van der Waals surface area contributed by atoms with Crippen molar-refractivity contribution in [2.45, 2.75) is 38.5 Å². The maximum absolute atomic E-state index is 12.1. The van der Waals surface area contributed by atoms with E-state index in [1.165, 1.54) is 19.3 Å². The Labute approximate surface area is 149 Å². The summed E-state index contributed by atoms with van der Waals surface area (Å²) in [5.74, 6) is 2.27. The van der Waals surface area contributed by atoms with Gasteiger partial charge in [0.2, 0.25) is 0 Å². The van der Waals surface area contributed by atoms with Gasteiger partial charge in [0.1, 0.15) is 13.2 Å². The summed E-state index contributed by atoms with van der Waals surface area (Å²) < 4.78 is 16.1. The molecule has 3 fully saturated rings. The molecule has 6 atom stereocenters. The van der Waals surface area contributed by atoms with Gasteiger partial charge in [-0.3, -0.25) is 9.59 Å². The second kappa shape index (κ2) is 7.48. The van der Waals surface area contributed by atoms with Crippen LogP contribution in [0.4, 0.5) is 0 Å². The third-order valence-electron chi connectivity index (χ3n) is 6.57. The molecule has 0 aromatic heterocycles. The largest absolute Gasteiger partial charge is 0.463 e. The first-order valence-corrected chi connectivity index (χ1v) is 9.80. The summed E-state index contributed by atoms with van der Waals surface area (Å²) in [5, 5.41) is 0. The molecule has 5 heteroatoms. The fourth-order valence-corrected chi connectivity index (χ4v) is 5.30. The first-order valence-electron chi connectivity index (χ1n) is 9.80. The third-order valence-corrected chi connectivity index (χ3v) is 6.57. The summed E-state index contributed by atoms with van der Waals surface area (Å²) >= 11 is 0. The maximum atomic E-state index is 12.1. The molecule has 4 bridgehead atoms. The number of carbonyl (C=O) groups excluding carboxylic acids is 2. The van der Waals surface area contributed by atoms with Gasteiger partial charge in [-0.25, -0.2) is 0 Å². The molecule has 4 rings (SSSR count). The van der Waals surface area contributed by atoms with Crippen LogP contribution in [0.1, 0.15) is 38.5 Å². The number of allylic oxidation sites excluding steroid dienone is 2. The van der Waals surface area contributed by atoms with Gasteiger partial charge in [0, 0.05) is 0 Å². The molecule has 138 valence electrons. The van der Waals surface area contributed by atoms with Gasteiger partial charge >= 0.3 is 11.9 Å². The molecule has 5 nitrogen and oxygen atoms in total. The van der Waals surface area contributed by atoms with Crippen LogP contribution in [0.15, 0.2) is 12.2 Å². The molecule has 25 heavy (non-hydrogen) atoms. The zero-order valence-corrected chi connectivity index (χ0v) is 14.7. The third kappa shape index (κ3) is 3.76. The van der Waals surface area contributed by atoms with E-state index in [9.17, 15) is 9.59 Å². The molecular formula is C20H28O5. The summed E-state index contributed by atoms with van der Waals surface area (Å²) in [6.07, 6.45) is 11.1. The van der Waals surface area contributed by atoms with Crippen LogP contribution in [0, 0.1) is 35.5 Å². The zero-order chi connectivity index (χ0) is 17.2. The van der Waals surface area contributed by atoms with Gasteiger partial charge in [0.05, 0.1) is 25.0 Å². The second-order valence-corrected chi connectivity index (χ2v) is 8.12. The van der Waals surface area contributed by atoms with E-state index in [4.69, 9.17) is 14.2 Å². The Morgan fingerprint density at radius 2 is 1.56 bits per heavy atom. The summed E-state index contributed by atoms with van der Waals surface area (Å²) in [5.41, 5.74) is 0. The molecule has 0 N–H and O–H groups in total.